The minimum Gasteiger partial charge on any atom is -0.322 e. The van der Waals surface area contributed by atoms with Gasteiger partial charge in [0.1, 0.15) is 5.00 Å². The number of aromatic nitrogens is 1. The molecule has 2 heterocycles. The van der Waals surface area contributed by atoms with Crippen LogP contribution in [0.25, 0.3) is 0 Å². The number of pyridine rings is 1. The average molecular weight is 502 g/mol. The normalized spacial score (nSPS) is 15.9. The number of nitrogens with zero attached hydrogens (tertiary/aromatic N) is 1. The van der Waals surface area contributed by atoms with E-state index in [2.05, 4.69) is 36.4 Å². The van der Waals surface area contributed by atoms with E-state index in [1.807, 2.05) is 0 Å². The molecule has 1 atom stereocenters. The van der Waals surface area contributed by atoms with Gasteiger partial charge in [-0.2, -0.15) is 13.2 Å². The van der Waals surface area contributed by atoms with Gasteiger partial charge in [-0.3, -0.25) is 14.6 Å². The number of fused-ring (bicyclic) bond motifs is 1. The number of hydrogen-bond donors (Lipinski definition) is 2. The van der Waals surface area contributed by atoms with Gasteiger partial charge in [-0.25, -0.2) is 0 Å². The first-order valence-corrected chi connectivity index (χ1v) is 12.1. The Labute approximate surface area is 205 Å². The summed E-state index contributed by atoms with van der Waals surface area (Å²) < 4.78 is 39.4. The topological polar surface area (TPSA) is 71.1 Å². The number of alkyl halides is 3. The molecule has 3 aromatic rings. The molecule has 0 radical (unpaired) electrons. The molecule has 0 spiro atoms. The third-order valence-electron chi connectivity index (χ3n) is 6.32. The molecule has 1 aliphatic carbocycles. The lowest BCUT2D eigenvalue weighted by Gasteiger charge is -2.33. The van der Waals surface area contributed by atoms with Crippen molar-refractivity contribution in [1.82, 2.24) is 4.98 Å². The lowest BCUT2D eigenvalue weighted by Crippen LogP contribution is -2.27. The summed E-state index contributed by atoms with van der Waals surface area (Å²) >= 11 is 1.36. The maximum Gasteiger partial charge on any atom is 0.416 e. The van der Waals surface area contributed by atoms with Gasteiger partial charge >= 0.3 is 6.18 Å². The highest BCUT2D eigenvalue weighted by Gasteiger charge is 2.35. The number of anilines is 2. The van der Waals surface area contributed by atoms with Crippen LogP contribution in [0.1, 0.15) is 63.9 Å². The van der Waals surface area contributed by atoms with Gasteiger partial charge in [-0.1, -0.05) is 26.8 Å². The Bertz CT molecular complexity index is 1250. The molecule has 5 nitrogen and oxygen atoms in total. The highest BCUT2D eigenvalue weighted by atomic mass is 32.1. The molecular weight excluding hydrogens is 475 g/mol. The molecule has 0 aliphatic heterocycles. The summed E-state index contributed by atoms with van der Waals surface area (Å²) in [5.74, 6) is -0.537. The molecule has 1 aromatic carbocycles. The second-order valence-corrected chi connectivity index (χ2v) is 10.8. The third kappa shape index (κ3) is 5.56. The largest absolute Gasteiger partial charge is 0.416 e. The van der Waals surface area contributed by atoms with Crippen LogP contribution in [0.2, 0.25) is 0 Å². The van der Waals surface area contributed by atoms with Crippen LogP contribution in [-0.4, -0.2) is 16.8 Å². The maximum absolute atomic E-state index is 13.4. The van der Waals surface area contributed by atoms with Crippen LogP contribution in [0.4, 0.5) is 23.9 Å². The van der Waals surface area contributed by atoms with Crippen molar-refractivity contribution < 1.29 is 22.8 Å². The molecule has 4 rings (SSSR count). The quantitative estimate of drug-likeness (QED) is 0.412. The van der Waals surface area contributed by atoms with Gasteiger partial charge in [0.05, 0.1) is 16.7 Å². The van der Waals surface area contributed by atoms with E-state index in [4.69, 9.17) is 0 Å². The van der Waals surface area contributed by atoms with Crippen LogP contribution >= 0.6 is 11.3 Å². The number of thiophene rings is 1. The van der Waals surface area contributed by atoms with Crippen LogP contribution in [0.5, 0.6) is 0 Å². The zero-order valence-electron chi connectivity index (χ0n) is 19.6. The van der Waals surface area contributed by atoms with E-state index < -0.39 is 23.6 Å². The number of amides is 2. The predicted octanol–water partition coefficient (Wildman–Crippen LogP) is 6.82. The first-order valence-electron chi connectivity index (χ1n) is 11.3. The smallest absolute Gasteiger partial charge is 0.322 e. The zero-order valence-corrected chi connectivity index (χ0v) is 20.4. The summed E-state index contributed by atoms with van der Waals surface area (Å²) in [6.45, 7) is 6.55. The minimum atomic E-state index is -4.52. The number of carbonyl (C=O) groups excluding carboxylic acids is 2. The summed E-state index contributed by atoms with van der Waals surface area (Å²) in [7, 11) is 0. The van der Waals surface area contributed by atoms with Gasteiger partial charge in [0.2, 0.25) is 0 Å². The molecule has 2 amide bonds. The van der Waals surface area contributed by atoms with E-state index in [1.165, 1.54) is 29.7 Å². The van der Waals surface area contributed by atoms with Crippen LogP contribution < -0.4 is 10.6 Å². The Morgan fingerprint density at radius 1 is 1.06 bits per heavy atom. The average Bonchev–Trinajstić information content (AvgIpc) is 3.15. The first-order chi connectivity index (χ1) is 16.4. The highest BCUT2D eigenvalue weighted by Crippen LogP contribution is 2.44. The Balaban J connectivity index is 1.68. The van der Waals surface area contributed by atoms with Crippen LogP contribution in [0, 0.1) is 11.3 Å². The van der Waals surface area contributed by atoms with Crippen molar-refractivity contribution in [2.75, 3.05) is 10.6 Å². The lowest BCUT2D eigenvalue weighted by atomic mass is 9.72. The highest BCUT2D eigenvalue weighted by molar-refractivity contribution is 7.17. The summed E-state index contributed by atoms with van der Waals surface area (Å²) in [5.41, 5.74) is 0.781. The van der Waals surface area contributed by atoms with Crippen molar-refractivity contribution in [3.05, 3.63) is 75.9 Å². The zero-order chi connectivity index (χ0) is 25.4. The SMILES string of the molecule is CC(C)(C)C1CCc2c(sc(NC(=O)c3cccnc3)c2C(=O)Nc2cccc(C(F)(F)F)c2)C1. The molecule has 0 saturated carbocycles. The molecule has 0 fully saturated rings. The number of carbonyl (C=O) groups is 2. The van der Waals surface area contributed by atoms with E-state index in [0.717, 1.165) is 35.4 Å². The summed E-state index contributed by atoms with van der Waals surface area (Å²) in [6.07, 6.45) is 0.778. The molecule has 2 aromatic heterocycles. The van der Waals surface area contributed by atoms with Crippen LogP contribution in [0.3, 0.4) is 0 Å². The van der Waals surface area contributed by atoms with Gasteiger partial charge in [-0.05, 0) is 66.5 Å². The van der Waals surface area contributed by atoms with Gasteiger partial charge < -0.3 is 10.6 Å². The first kappa shape index (κ1) is 24.9. The van der Waals surface area contributed by atoms with Gasteiger partial charge in [0, 0.05) is 23.0 Å². The fourth-order valence-electron chi connectivity index (χ4n) is 4.29. The van der Waals surface area contributed by atoms with E-state index in [-0.39, 0.29) is 11.1 Å². The van der Waals surface area contributed by atoms with Crippen molar-refractivity contribution in [1.29, 1.82) is 0 Å². The molecule has 2 N–H and O–H groups in total. The van der Waals surface area contributed by atoms with E-state index in [9.17, 15) is 22.8 Å². The monoisotopic (exact) mass is 501 g/mol. The van der Waals surface area contributed by atoms with Crippen molar-refractivity contribution in [3.63, 3.8) is 0 Å². The molecule has 35 heavy (non-hydrogen) atoms. The molecule has 0 saturated heterocycles. The second-order valence-electron chi connectivity index (χ2n) is 9.74. The molecule has 1 aliphatic rings. The summed E-state index contributed by atoms with van der Waals surface area (Å²) in [5, 5.41) is 5.84. The summed E-state index contributed by atoms with van der Waals surface area (Å²) in [6, 6.07) is 7.78. The third-order valence-corrected chi connectivity index (χ3v) is 7.49. The number of halogens is 3. The number of nitrogens with one attached hydrogen (secondary N) is 2. The van der Waals surface area contributed by atoms with Gasteiger partial charge in [-0.15, -0.1) is 11.3 Å². The van der Waals surface area contributed by atoms with Gasteiger partial charge in [0.25, 0.3) is 11.8 Å². The molecule has 1 unspecified atom stereocenters. The number of benzene rings is 1. The lowest BCUT2D eigenvalue weighted by molar-refractivity contribution is -0.137. The maximum atomic E-state index is 13.4. The standard InChI is InChI=1S/C26H26F3N3O2S/c1-25(2,3)16-9-10-19-20(13-16)35-24(32-22(33)15-6-5-11-30-14-15)21(19)23(34)31-18-8-4-7-17(12-18)26(27,28)29/h4-8,11-12,14,16H,9-10,13H2,1-3H3,(H,31,34)(H,32,33). The van der Waals surface area contributed by atoms with E-state index in [1.54, 1.807) is 18.3 Å². The van der Waals surface area contributed by atoms with Crippen LogP contribution in [0.15, 0.2) is 48.8 Å². The fourth-order valence-corrected chi connectivity index (χ4v) is 5.61. The molecular formula is C26H26F3N3O2S. The molecule has 184 valence electrons. The Morgan fingerprint density at radius 3 is 2.49 bits per heavy atom. The molecule has 9 heteroatoms. The fraction of sp³-hybridized carbons (Fsp3) is 0.346. The second kappa shape index (κ2) is 9.45. The van der Waals surface area contributed by atoms with Crippen molar-refractivity contribution in [2.45, 2.75) is 46.2 Å². The summed E-state index contributed by atoms with van der Waals surface area (Å²) in [4.78, 5) is 31.2. The molecule has 0 bridgehead atoms. The number of hydrogen-bond acceptors (Lipinski definition) is 4. The minimum absolute atomic E-state index is 0.0395. The van der Waals surface area contributed by atoms with Crippen molar-refractivity contribution in [3.8, 4) is 0 Å². The van der Waals surface area contributed by atoms with E-state index >= 15 is 0 Å². The Hall–Kier alpha value is -3.20. The number of rotatable bonds is 4. The Kier molecular flexibility index (Phi) is 6.73. The van der Waals surface area contributed by atoms with Crippen LogP contribution in [-0.2, 0) is 19.0 Å². The van der Waals surface area contributed by atoms with Gasteiger partial charge in [0.15, 0.2) is 0 Å². The van der Waals surface area contributed by atoms with E-state index in [0.29, 0.717) is 28.5 Å². The predicted molar refractivity (Wildman–Crippen MR) is 131 cm³/mol. The van der Waals surface area contributed by atoms with Crippen molar-refractivity contribution in [2.24, 2.45) is 11.3 Å². The Morgan fingerprint density at radius 2 is 1.83 bits per heavy atom. The van der Waals surface area contributed by atoms with Crippen molar-refractivity contribution >= 4 is 33.8 Å².